The van der Waals surface area contributed by atoms with Crippen LogP contribution in [-0.2, 0) is 14.8 Å². The van der Waals surface area contributed by atoms with E-state index >= 15 is 0 Å². The fourth-order valence-corrected chi connectivity index (χ4v) is 3.80. The first-order valence-electron chi connectivity index (χ1n) is 5.67. The highest BCUT2D eigenvalue weighted by Crippen LogP contribution is 2.26. The highest BCUT2D eigenvalue weighted by molar-refractivity contribution is 7.92. The minimum atomic E-state index is -3.81. The van der Waals surface area contributed by atoms with Crippen molar-refractivity contribution in [3.05, 3.63) is 46.7 Å². The van der Waals surface area contributed by atoms with E-state index in [1.54, 1.807) is 29.0 Å². The molecule has 1 aromatic heterocycles. The van der Waals surface area contributed by atoms with Gasteiger partial charge in [0.2, 0.25) is 0 Å². The van der Waals surface area contributed by atoms with Crippen molar-refractivity contribution in [1.82, 2.24) is 0 Å². The molecule has 0 N–H and O–H groups in total. The summed E-state index contributed by atoms with van der Waals surface area (Å²) in [5.41, 5.74) is 0.576. The van der Waals surface area contributed by atoms with Gasteiger partial charge in [0.05, 0.1) is 18.4 Å². The predicted octanol–water partition coefficient (Wildman–Crippen LogP) is 2.36. The van der Waals surface area contributed by atoms with Crippen LogP contribution in [0.3, 0.4) is 0 Å². The fourth-order valence-electron chi connectivity index (χ4n) is 1.69. The van der Waals surface area contributed by atoms with E-state index < -0.39 is 16.0 Å². The van der Waals surface area contributed by atoms with Crippen LogP contribution < -0.4 is 4.31 Å². The van der Waals surface area contributed by atoms with Gasteiger partial charge in [0.15, 0.2) is 0 Å². The monoisotopic (exact) mass is 311 g/mol. The smallest absolute Gasteiger partial charge is 0.339 e. The number of carbonyl (C=O) groups excluding carboxylic acids is 1. The van der Waals surface area contributed by atoms with Crippen molar-refractivity contribution < 1.29 is 17.9 Å². The van der Waals surface area contributed by atoms with Crippen LogP contribution in [0.15, 0.2) is 46.0 Å². The molecule has 2 aromatic rings. The van der Waals surface area contributed by atoms with Crippen LogP contribution in [0.1, 0.15) is 10.4 Å². The van der Waals surface area contributed by atoms with E-state index in [0.717, 1.165) is 4.31 Å². The number of sulfonamides is 1. The van der Waals surface area contributed by atoms with E-state index in [2.05, 4.69) is 4.74 Å². The molecular weight excluding hydrogens is 298 g/mol. The lowest BCUT2D eigenvalue weighted by Crippen LogP contribution is -2.27. The number of methoxy groups -OCH3 is 1. The van der Waals surface area contributed by atoms with E-state index in [0.29, 0.717) is 5.69 Å². The molecule has 0 saturated heterocycles. The summed E-state index contributed by atoms with van der Waals surface area (Å²) in [6.45, 7) is 0. The summed E-state index contributed by atoms with van der Waals surface area (Å²) in [7, 11) is -1.14. The average Bonchev–Trinajstić information content (AvgIpc) is 2.99. The van der Waals surface area contributed by atoms with Gasteiger partial charge in [-0.1, -0.05) is 12.1 Å². The number of nitrogens with zero attached hydrogens (tertiary/aromatic N) is 1. The Bertz CT molecular complexity index is 708. The Hall–Kier alpha value is -1.86. The van der Waals surface area contributed by atoms with Gasteiger partial charge < -0.3 is 4.74 Å². The van der Waals surface area contributed by atoms with Crippen LogP contribution in [0.25, 0.3) is 0 Å². The van der Waals surface area contributed by atoms with Gasteiger partial charge in [-0.2, -0.15) is 11.3 Å². The maximum Gasteiger partial charge on any atom is 0.339 e. The third-order valence-electron chi connectivity index (χ3n) is 2.80. The second-order valence-corrected chi connectivity index (χ2v) is 6.66. The average molecular weight is 311 g/mol. The molecule has 0 radical (unpaired) electrons. The lowest BCUT2D eigenvalue weighted by Gasteiger charge is -2.19. The van der Waals surface area contributed by atoms with Crippen molar-refractivity contribution in [2.75, 3.05) is 18.5 Å². The molecule has 0 amide bonds. The lowest BCUT2D eigenvalue weighted by molar-refractivity contribution is 0.0596. The first-order valence-corrected chi connectivity index (χ1v) is 8.05. The lowest BCUT2D eigenvalue weighted by atomic mass is 10.2. The van der Waals surface area contributed by atoms with Gasteiger partial charge in [-0.3, -0.25) is 4.31 Å². The SMILES string of the molecule is COC(=O)c1ccccc1S(=O)(=O)N(C)c1ccsc1. The van der Waals surface area contributed by atoms with Gasteiger partial charge in [-0.25, -0.2) is 13.2 Å². The van der Waals surface area contributed by atoms with Crippen LogP contribution in [-0.4, -0.2) is 28.5 Å². The molecule has 0 spiro atoms. The summed E-state index contributed by atoms with van der Waals surface area (Å²) in [6.07, 6.45) is 0. The Labute approximate surface area is 121 Å². The third-order valence-corrected chi connectivity index (χ3v) is 5.32. The van der Waals surface area contributed by atoms with Gasteiger partial charge in [-0.05, 0) is 23.6 Å². The second-order valence-electron chi connectivity index (χ2n) is 3.94. The Balaban J connectivity index is 2.53. The number of hydrogen-bond donors (Lipinski definition) is 0. The minimum Gasteiger partial charge on any atom is -0.465 e. The number of carbonyl (C=O) groups is 1. The quantitative estimate of drug-likeness (QED) is 0.813. The molecule has 0 bridgehead atoms. The standard InChI is InChI=1S/C13H13NO4S2/c1-14(10-7-8-19-9-10)20(16,17)12-6-4-3-5-11(12)13(15)18-2/h3-9H,1-2H3. The van der Waals surface area contributed by atoms with Crippen LogP contribution in [0.4, 0.5) is 5.69 Å². The van der Waals surface area contributed by atoms with Gasteiger partial charge in [0.1, 0.15) is 4.90 Å². The summed E-state index contributed by atoms with van der Waals surface area (Å²) in [6, 6.07) is 7.68. The highest BCUT2D eigenvalue weighted by Gasteiger charge is 2.27. The predicted molar refractivity (Wildman–Crippen MR) is 77.7 cm³/mol. The molecule has 2 rings (SSSR count). The van der Waals surface area contributed by atoms with Gasteiger partial charge in [0.25, 0.3) is 10.0 Å². The number of esters is 1. The Kier molecular flexibility index (Phi) is 4.10. The molecule has 0 fully saturated rings. The maximum absolute atomic E-state index is 12.6. The van der Waals surface area contributed by atoms with Crippen LogP contribution in [0.5, 0.6) is 0 Å². The molecule has 0 saturated carbocycles. The summed E-state index contributed by atoms with van der Waals surface area (Å²) in [5, 5.41) is 3.51. The highest BCUT2D eigenvalue weighted by atomic mass is 32.2. The van der Waals surface area contributed by atoms with Crippen molar-refractivity contribution in [1.29, 1.82) is 0 Å². The van der Waals surface area contributed by atoms with E-state index in [1.165, 1.54) is 37.6 Å². The first kappa shape index (κ1) is 14.5. The van der Waals surface area contributed by atoms with Gasteiger partial charge >= 0.3 is 5.97 Å². The van der Waals surface area contributed by atoms with Crippen LogP contribution >= 0.6 is 11.3 Å². The molecule has 1 aromatic carbocycles. The van der Waals surface area contributed by atoms with E-state index in [-0.39, 0.29) is 10.5 Å². The van der Waals surface area contributed by atoms with E-state index in [4.69, 9.17) is 0 Å². The molecule has 0 aliphatic carbocycles. The molecule has 1 heterocycles. The zero-order valence-electron chi connectivity index (χ0n) is 10.9. The normalized spacial score (nSPS) is 11.1. The summed E-state index contributed by atoms with van der Waals surface area (Å²) in [5.74, 6) is -0.678. The summed E-state index contributed by atoms with van der Waals surface area (Å²) in [4.78, 5) is 11.6. The zero-order chi connectivity index (χ0) is 14.8. The van der Waals surface area contributed by atoms with Crippen LogP contribution in [0.2, 0.25) is 0 Å². The zero-order valence-corrected chi connectivity index (χ0v) is 12.6. The number of thiophene rings is 1. The molecule has 106 valence electrons. The number of rotatable bonds is 4. The van der Waals surface area contributed by atoms with Crippen molar-refractivity contribution in [2.45, 2.75) is 4.90 Å². The molecule has 0 aliphatic heterocycles. The molecule has 0 aliphatic rings. The van der Waals surface area contributed by atoms with Crippen molar-refractivity contribution in [3.8, 4) is 0 Å². The minimum absolute atomic E-state index is 0.0251. The van der Waals surface area contributed by atoms with Gasteiger partial charge in [0, 0.05) is 12.4 Å². The Morgan fingerprint density at radius 2 is 1.95 bits per heavy atom. The molecule has 20 heavy (non-hydrogen) atoms. The van der Waals surface area contributed by atoms with Crippen molar-refractivity contribution in [2.24, 2.45) is 0 Å². The fraction of sp³-hybridized carbons (Fsp3) is 0.154. The van der Waals surface area contributed by atoms with Gasteiger partial charge in [-0.15, -0.1) is 0 Å². The summed E-state index contributed by atoms with van der Waals surface area (Å²) >= 11 is 1.40. The van der Waals surface area contributed by atoms with E-state index in [9.17, 15) is 13.2 Å². The molecule has 5 nitrogen and oxygen atoms in total. The number of hydrogen-bond acceptors (Lipinski definition) is 5. The molecule has 7 heteroatoms. The number of anilines is 1. The third kappa shape index (κ3) is 2.54. The van der Waals surface area contributed by atoms with Crippen molar-refractivity contribution in [3.63, 3.8) is 0 Å². The molecular formula is C13H13NO4S2. The largest absolute Gasteiger partial charge is 0.465 e. The van der Waals surface area contributed by atoms with Crippen molar-refractivity contribution >= 4 is 33.0 Å². The molecule has 0 atom stereocenters. The number of ether oxygens (including phenoxy) is 1. The maximum atomic E-state index is 12.6. The molecule has 0 unspecified atom stereocenters. The first-order chi connectivity index (χ1) is 9.48. The Morgan fingerprint density at radius 3 is 2.55 bits per heavy atom. The summed E-state index contributed by atoms with van der Waals surface area (Å²) < 4.78 is 31.0. The second kappa shape index (κ2) is 5.64. The Morgan fingerprint density at radius 1 is 1.25 bits per heavy atom. The van der Waals surface area contributed by atoms with E-state index in [1.807, 2.05) is 0 Å². The van der Waals surface area contributed by atoms with Crippen LogP contribution in [0, 0.1) is 0 Å². The topological polar surface area (TPSA) is 63.7 Å². The number of benzene rings is 1.